The number of hydrogen-bond donors (Lipinski definition) is 0. The molecule has 2 rings (SSSR count). The van der Waals surface area contributed by atoms with Crippen LogP contribution in [0.15, 0.2) is 30.3 Å². The average Bonchev–Trinajstić information content (AvgIpc) is 3.08. The molecule has 0 aliphatic rings. The Balaban J connectivity index is 2.74. The number of hydrogen-bond acceptors (Lipinski definition) is 6. The average molecular weight is 363 g/mol. The number of nitrogens with zero attached hydrogens (tertiary/aromatic N) is 5. The van der Waals surface area contributed by atoms with E-state index in [1.165, 1.54) is 0 Å². The SMILES string of the molecule is CCOC(C#N)c1nc(-c2ccccc2)n(CCC#N)c1C(C#N)OCC. The maximum Gasteiger partial charge on any atom is 0.187 e. The Kier molecular flexibility index (Phi) is 7.52. The molecular weight excluding hydrogens is 342 g/mol. The smallest absolute Gasteiger partial charge is 0.187 e. The minimum absolute atomic E-state index is 0.235. The molecule has 138 valence electrons. The van der Waals surface area contributed by atoms with Crippen molar-refractivity contribution >= 4 is 0 Å². The molecule has 2 atom stereocenters. The van der Waals surface area contributed by atoms with Gasteiger partial charge in [-0.05, 0) is 13.8 Å². The van der Waals surface area contributed by atoms with Crippen molar-refractivity contribution in [1.29, 1.82) is 15.8 Å². The van der Waals surface area contributed by atoms with Gasteiger partial charge < -0.3 is 14.0 Å². The van der Waals surface area contributed by atoms with E-state index in [0.29, 0.717) is 37.0 Å². The van der Waals surface area contributed by atoms with Gasteiger partial charge in [-0.3, -0.25) is 0 Å². The summed E-state index contributed by atoms with van der Waals surface area (Å²) in [5.41, 5.74) is 1.65. The third-order valence-corrected chi connectivity index (χ3v) is 3.91. The van der Waals surface area contributed by atoms with Gasteiger partial charge in [0.15, 0.2) is 12.2 Å². The molecule has 1 aromatic carbocycles. The van der Waals surface area contributed by atoms with Gasteiger partial charge in [0.2, 0.25) is 0 Å². The molecule has 27 heavy (non-hydrogen) atoms. The fraction of sp³-hybridized carbons (Fsp3) is 0.400. The van der Waals surface area contributed by atoms with Crippen molar-refractivity contribution in [3.63, 3.8) is 0 Å². The third-order valence-electron chi connectivity index (χ3n) is 3.91. The van der Waals surface area contributed by atoms with Crippen LogP contribution >= 0.6 is 0 Å². The molecule has 7 heteroatoms. The lowest BCUT2D eigenvalue weighted by atomic mass is 10.1. The maximum absolute atomic E-state index is 9.64. The molecule has 0 spiro atoms. The lowest BCUT2D eigenvalue weighted by molar-refractivity contribution is 0.0809. The van der Waals surface area contributed by atoms with Crippen molar-refractivity contribution in [3.8, 4) is 29.6 Å². The van der Waals surface area contributed by atoms with Gasteiger partial charge in [0, 0.05) is 25.3 Å². The minimum atomic E-state index is -0.924. The zero-order valence-corrected chi connectivity index (χ0v) is 15.4. The molecule has 1 aromatic heterocycles. The summed E-state index contributed by atoms with van der Waals surface area (Å²) in [7, 11) is 0. The Morgan fingerprint density at radius 3 is 2.19 bits per heavy atom. The van der Waals surface area contributed by atoms with Crippen LogP contribution in [0, 0.1) is 34.0 Å². The van der Waals surface area contributed by atoms with Crippen LogP contribution < -0.4 is 0 Å². The van der Waals surface area contributed by atoms with Gasteiger partial charge in [0.05, 0.1) is 18.2 Å². The monoisotopic (exact) mass is 363 g/mol. The van der Waals surface area contributed by atoms with Crippen molar-refractivity contribution in [1.82, 2.24) is 9.55 Å². The van der Waals surface area contributed by atoms with Crippen LogP contribution in [0.25, 0.3) is 11.4 Å². The van der Waals surface area contributed by atoms with Gasteiger partial charge in [-0.15, -0.1) is 0 Å². The predicted octanol–water partition coefficient (Wildman–Crippen LogP) is 3.67. The molecule has 0 radical (unpaired) electrons. The van der Waals surface area contributed by atoms with E-state index < -0.39 is 12.2 Å². The van der Waals surface area contributed by atoms with Crippen LogP contribution in [-0.2, 0) is 16.0 Å². The van der Waals surface area contributed by atoms with Crippen LogP contribution in [0.4, 0.5) is 0 Å². The minimum Gasteiger partial charge on any atom is -0.357 e. The summed E-state index contributed by atoms with van der Waals surface area (Å²) in [6.07, 6.45) is -1.60. The van der Waals surface area contributed by atoms with E-state index in [9.17, 15) is 10.5 Å². The quantitative estimate of drug-likeness (QED) is 0.672. The third kappa shape index (κ3) is 4.51. The van der Waals surface area contributed by atoms with E-state index in [2.05, 4.69) is 23.2 Å². The lowest BCUT2D eigenvalue weighted by Crippen LogP contribution is -2.15. The molecule has 2 aromatic rings. The van der Waals surface area contributed by atoms with Crippen LogP contribution in [-0.4, -0.2) is 22.8 Å². The largest absolute Gasteiger partial charge is 0.357 e. The van der Waals surface area contributed by atoms with Gasteiger partial charge in [-0.25, -0.2) is 4.98 Å². The number of rotatable bonds is 9. The number of imidazole rings is 1. The maximum atomic E-state index is 9.64. The number of nitriles is 3. The summed E-state index contributed by atoms with van der Waals surface area (Å²) >= 11 is 0. The highest BCUT2D eigenvalue weighted by Gasteiger charge is 2.30. The fourth-order valence-corrected chi connectivity index (χ4v) is 2.84. The molecular formula is C20H21N5O2. The van der Waals surface area contributed by atoms with Gasteiger partial charge in [0.25, 0.3) is 0 Å². The van der Waals surface area contributed by atoms with Gasteiger partial charge in [-0.2, -0.15) is 15.8 Å². The first-order valence-electron chi connectivity index (χ1n) is 8.76. The van der Waals surface area contributed by atoms with Crippen molar-refractivity contribution in [2.75, 3.05) is 13.2 Å². The van der Waals surface area contributed by atoms with Crippen LogP contribution in [0.5, 0.6) is 0 Å². The van der Waals surface area contributed by atoms with Crippen LogP contribution in [0.3, 0.4) is 0 Å². The lowest BCUT2D eigenvalue weighted by Gasteiger charge is -2.17. The van der Waals surface area contributed by atoms with Gasteiger partial charge >= 0.3 is 0 Å². The Hall–Kier alpha value is -3.18. The highest BCUT2D eigenvalue weighted by Crippen LogP contribution is 2.33. The molecule has 0 saturated carbocycles. The molecule has 0 aliphatic carbocycles. The number of benzene rings is 1. The molecule has 0 N–H and O–H groups in total. The Morgan fingerprint density at radius 1 is 1.00 bits per heavy atom. The topological polar surface area (TPSA) is 108 Å². The highest BCUT2D eigenvalue weighted by atomic mass is 16.5. The molecule has 2 unspecified atom stereocenters. The van der Waals surface area contributed by atoms with Crippen LogP contribution in [0.2, 0.25) is 0 Å². The molecule has 0 amide bonds. The van der Waals surface area contributed by atoms with Crippen molar-refractivity contribution in [3.05, 3.63) is 41.7 Å². The van der Waals surface area contributed by atoms with Crippen LogP contribution in [0.1, 0.15) is 43.9 Å². The zero-order valence-electron chi connectivity index (χ0n) is 15.4. The van der Waals surface area contributed by atoms with Crippen molar-refractivity contribution in [2.45, 2.75) is 39.0 Å². The second-order valence-electron chi connectivity index (χ2n) is 5.56. The Morgan fingerprint density at radius 2 is 1.63 bits per heavy atom. The van der Waals surface area contributed by atoms with Crippen molar-refractivity contribution < 1.29 is 9.47 Å². The number of ether oxygens (including phenoxy) is 2. The molecule has 1 heterocycles. The normalized spacial score (nSPS) is 12.6. The fourth-order valence-electron chi connectivity index (χ4n) is 2.84. The Labute approximate surface area is 159 Å². The molecule has 0 bridgehead atoms. The summed E-state index contributed by atoms with van der Waals surface area (Å²) < 4.78 is 12.9. The second kappa shape index (κ2) is 10.1. The van der Waals surface area contributed by atoms with E-state index in [4.69, 9.17) is 14.7 Å². The first-order valence-corrected chi connectivity index (χ1v) is 8.76. The first kappa shape index (κ1) is 20.1. The van der Waals surface area contributed by atoms with E-state index in [0.717, 1.165) is 5.56 Å². The number of aromatic nitrogens is 2. The molecule has 0 aliphatic heterocycles. The van der Waals surface area contributed by atoms with E-state index in [-0.39, 0.29) is 6.42 Å². The van der Waals surface area contributed by atoms with Crippen molar-refractivity contribution in [2.24, 2.45) is 0 Å². The molecule has 7 nitrogen and oxygen atoms in total. The van der Waals surface area contributed by atoms with Gasteiger partial charge in [0.1, 0.15) is 23.7 Å². The molecule has 0 fully saturated rings. The standard InChI is InChI=1S/C20H21N5O2/c1-3-26-16(13-22)18-19(17(14-23)27-4-2)25(12-8-11-21)20(24-18)15-9-6-5-7-10-15/h5-7,9-10,16-17H,3-4,8,12H2,1-2H3. The highest BCUT2D eigenvalue weighted by molar-refractivity contribution is 5.57. The predicted molar refractivity (Wildman–Crippen MR) is 97.9 cm³/mol. The second-order valence-corrected chi connectivity index (χ2v) is 5.56. The first-order chi connectivity index (χ1) is 13.2. The summed E-state index contributed by atoms with van der Waals surface area (Å²) in [6, 6.07) is 15.8. The summed E-state index contributed by atoms with van der Waals surface area (Å²) in [5, 5.41) is 28.3. The van der Waals surface area contributed by atoms with E-state index >= 15 is 0 Å². The summed E-state index contributed by atoms with van der Waals surface area (Å²) in [4.78, 5) is 4.65. The summed E-state index contributed by atoms with van der Waals surface area (Å²) in [6.45, 7) is 4.57. The van der Waals surface area contributed by atoms with Gasteiger partial charge in [-0.1, -0.05) is 30.3 Å². The summed E-state index contributed by atoms with van der Waals surface area (Å²) in [5.74, 6) is 0.579. The molecule has 0 saturated heterocycles. The zero-order chi connectivity index (χ0) is 19.6. The van der Waals surface area contributed by atoms with E-state index in [1.54, 1.807) is 18.4 Å². The Bertz CT molecular complexity index is 871. The van der Waals surface area contributed by atoms with E-state index in [1.807, 2.05) is 30.3 Å².